The Morgan fingerprint density at radius 3 is 2.67 bits per heavy atom. The highest BCUT2D eigenvalue weighted by Crippen LogP contribution is 2.26. The van der Waals surface area contributed by atoms with Crippen molar-refractivity contribution in [2.75, 3.05) is 13.2 Å². The molecule has 0 saturated carbocycles. The van der Waals surface area contributed by atoms with Gasteiger partial charge >= 0.3 is 0 Å². The number of hydrogen-bond donors (Lipinski definition) is 1. The summed E-state index contributed by atoms with van der Waals surface area (Å²) >= 11 is 0. The monoisotopic (exact) mass is 364 g/mol. The van der Waals surface area contributed by atoms with Crippen molar-refractivity contribution >= 4 is 11.8 Å². The van der Waals surface area contributed by atoms with Crippen LogP contribution in [0.5, 0.6) is 0 Å². The molecule has 2 aromatic carbocycles. The summed E-state index contributed by atoms with van der Waals surface area (Å²) in [5, 5.41) is 3.01. The van der Waals surface area contributed by atoms with Crippen LogP contribution in [-0.2, 0) is 22.5 Å². The molecular formula is C22H24N2O3. The van der Waals surface area contributed by atoms with Crippen molar-refractivity contribution in [3.63, 3.8) is 0 Å². The van der Waals surface area contributed by atoms with E-state index in [1.165, 1.54) is 0 Å². The van der Waals surface area contributed by atoms with Crippen LogP contribution in [0.15, 0.2) is 54.6 Å². The maximum Gasteiger partial charge on any atom is 0.255 e. The van der Waals surface area contributed by atoms with Gasteiger partial charge in [0.25, 0.3) is 5.91 Å². The van der Waals surface area contributed by atoms with Gasteiger partial charge in [-0.1, -0.05) is 48.5 Å². The molecule has 5 heteroatoms. The van der Waals surface area contributed by atoms with E-state index in [2.05, 4.69) is 5.32 Å². The number of ether oxygens (including phenoxy) is 1. The van der Waals surface area contributed by atoms with Gasteiger partial charge in [0.15, 0.2) is 0 Å². The second-order valence-electron chi connectivity index (χ2n) is 7.18. The first-order valence-corrected chi connectivity index (χ1v) is 9.54. The zero-order chi connectivity index (χ0) is 18.6. The zero-order valence-electron chi connectivity index (χ0n) is 15.3. The third-order valence-corrected chi connectivity index (χ3v) is 5.33. The first-order chi connectivity index (χ1) is 13.2. The lowest BCUT2D eigenvalue weighted by Gasteiger charge is -2.27. The molecule has 27 heavy (non-hydrogen) atoms. The fraction of sp³-hybridized carbons (Fsp3) is 0.364. The van der Waals surface area contributed by atoms with Crippen LogP contribution in [-0.4, -0.2) is 42.0 Å². The fourth-order valence-electron chi connectivity index (χ4n) is 3.85. The van der Waals surface area contributed by atoms with Crippen molar-refractivity contribution in [1.29, 1.82) is 0 Å². The number of fused-ring (bicyclic) bond motifs is 1. The Kier molecular flexibility index (Phi) is 5.21. The number of carbonyl (C=O) groups excluding carboxylic acids is 2. The molecule has 2 heterocycles. The lowest BCUT2D eigenvalue weighted by Crippen LogP contribution is -2.49. The number of nitrogens with zero attached hydrogens (tertiary/aromatic N) is 1. The largest absolute Gasteiger partial charge is 0.376 e. The average molecular weight is 364 g/mol. The van der Waals surface area contributed by atoms with E-state index in [9.17, 15) is 9.59 Å². The van der Waals surface area contributed by atoms with Crippen LogP contribution in [0.4, 0.5) is 0 Å². The van der Waals surface area contributed by atoms with E-state index >= 15 is 0 Å². The van der Waals surface area contributed by atoms with Crippen LogP contribution in [0.3, 0.4) is 0 Å². The summed E-state index contributed by atoms with van der Waals surface area (Å²) in [6.07, 6.45) is 2.58. The number of carbonyl (C=O) groups is 2. The van der Waals surface area contributed by atoms with E-state index in [0.717, 1.165) is 30.6 Å². The van der Waals surface area contributed by atoms with Crippen molar-refractivity contribution in [1.82, 2.24) is 10.2 Å². The molecule has 1 saturated heterocycles. The van der Waals surface area contributed by atoms with Gasteiger partial charge in [0, 0.05) is 31.7 Å². The quantitative estimate of drug-likeness (QED) is 0.857. The number of rotatable bonds is 6. The minimum Gasteiger partial charge on any atom is -0.376 e. The molecule has 0 bridgehead atoms. The third kappa shape index (κ3) is 3.88. The molecule has 2 amide bonds. The number of nitrogens with one attached hydrogen (secondary N) is 1. The standard InChI is InChI=1S/C22H24N2O3/c25-21(23-14-18-10-6-12-27-18)20(13-16-7-2-1-3-8-16)24-15-17-9-4-5-11-19(17)22(24)26/h1-5,7-9,11,18,20H,6,10,12-15H2,(H,23,25). The Morgan fingerprint density at radius 1 is 1.15 bits per heavy atom. The molecule has 2 unspecified atom stereocenters. The highest BCUT2D eigenvalue weighted by atomic mass is 16.5. The molecule has 0 spiro atoms. The van der Waals surface area contributed by atoms with Gasteiger partial charge in [-0.2, -0.15) is 0 Å². The second kappa shape index (κ2) is 7.92. The summed E-state index contributed by atoms with van der Waals surface area (Å²) in [5.41, 5.74) is 2.72. The SMILES string of the molecule is O=C(NCC1CCCO1)C(Cc1ccccc1)N1Cc2ccccc2C1=O. The van der Waals surface area contributed by atoms with Crippen molar-refractivity contribution in [3.05, 3.63) is 71.3 Å². The Labute approximate surface area is 159 Å². The zero-order valence-corrected chi connectivity index (χ0v) is 15.3. The molecular weight excluding hydrogens is 340 g/mol. The normalized spacial score (nSPS) is 19.8. The molecule has 0 aliphatic carbocycles. The predicted molar refractivity (Wildman–Crippen MR) is 102 cm³/mol. The Hall–Kier alpha value is -2.66. The van der Waals surface area contributed by atoms with Crippen LogP contribution < -0.4 is 5.32 Å². The van der Waals surface area contributed by atoms with Crippen molar-refractivity contribution < 1.29 is 14.3 Å². The average Bonchev–Trinajstić information content (AvgIpc) is 3.33. The number of hydrogen-bond acceptors (Lipinski definition) is 3. The molecule has 2 aliphatic heterocycles. The van der Waals surface area contributed by atoms with E-state index in [0.29, 0.717) is 25.1 Å². The van der Waals surface area contributed by atoms with Gasteiger partial charge in [-0.15, -0.1) is 0 Å². The molecule has 140 valence electrons. The topological polar surface area (TPSA) is 58.6 Å². The fourth-order valence-corrected chi connectivity index (χ4v) is 3.85. The molecule has 0 radical (unpaired) electrons. The lowest BCUT2D eigenvalue weighted by atomic mass is 10.0. The van der Waals surface area contributed by atoms with Crippen molar-refractivity contribution in [3.8, 4) is 0 Å². The van der Waals surface area contributed by atoms with Gasteiger partial charge in [-0.3, -0.25) is 9.59 Å². The first-order valence-electron chi connectivity index (χ1n) is 9.54. The number of amides is 2. The smallest absolute Gasteiger partial charge is 0.255 e. The lowest BCUT2D eigenvalue weighted by molar-refractivity contribution is -0.126. The van der Waals surface area contributed by atoms with Crippen molar-refractivity contribution in [2.45, 2.75) is 38.0 Å². The van der Waals surface area contributed by atoms with Gasteiger partial charge in [0.05, 0.1) is 6.10 Å². The van der Waals surface area contributed by atoms with Gasteiger partial charge in [0.1, 0.15) is 6.04 Å². The molecule has 5 nitrogen and oxygen atoms in total. The van der Waals surface area contributed by atoms with E-state index in [4.69, 9.17) is 4.74 Å². The molecule has 0 aromatic heterocycles. The van der Waals surface area contributed by atoms with Crippen LogP contribution in [0.25, 0.3) is 0 Å². The third-order valence-electron chi connectivity index (χ3n) is 5.33. The van der Waals surface area contributed by atoms with E-state index in [1.807, 2.05) is 54.6 Å². The Balaban J connectivity index is 1.52. The number of benzene rings is 2. The summed E-state index contributed by atoms with van der Waals surface area (Å²) < 4.78 is 5.60. The predicted octanol–water partition coefficient (Wildman–Crippen LogP) is 2.55. The molecule has 4 rings (SSSR count). The summed E-state index contributed by atoms with van der Waals surface area (Å²) in [6, 6.07) is 16.9. The minimum absolute atomic E-state index is 0.0706. The molecule has 2 aliphatic rings. The minimum atomic E-state index is -0.534. The van der Waals surface area contributed by atoms with Crippen LogP contribution >= 0.6 is 0 Å². The first kappa shape index (κ1) is 17.7. The maximum absolute atomic E-state index is 13.0. The summed E-state index contributed by atoms with van der Waals surface area (Å²) in [5.74, 6) is -0.186. The molecule has 1 N–H and O–H groups in total. The Bertz CT molecular complexity index is 815. The van der Waals surface area contributed by atoms with Gasteiger partial charge in [-0.25, -0.2) is 0 Å². The highest BCUT2D eigenvalue weighted by molar-refractivity contribution is 6.01. The summed E-state index contributed by atoms with van der Waals surface area (Å²) in [7, 11) is 0. The van der Waals surface area contributed by atoms with Gasteiger partial charge in [-0.05, 0) is 30.0 Å². The van der Waals surface area contributed by atoms with Crippen LogP contribution in [0, 0.1) is 0 Å². The molecule has 2 aromatic rings. The molecule has 1 fully saturated rings. The van der Waals surface area contributed by atoms with Crippen molar-refractivity contribution in [2.24, 2.45) is 0 Å². The van der Waals surface area contributed by atoms with Gasteiger partial charge < -0.3 is 15.0 Å². The Morgan fingerprint density at radius 2 is 1.93 bits per heavy atom. The highest BCUT2D eigenvalue weighted by Gasteiger charge is 2.36. The summed E-state index contributed by atoms with van der Waals surface area (Å²) in [6.45, 7) is 1.73. The van der Waals surface area contributed by atoms with Crippen LogP contribution in [0.2, 0.25) is 0 Å². The second-order valence-corrected chi connectivity index (χ2v) is 7.18. The van der Waals surface area contributed by atoms with Gasteiger partial charge in [0.2, 0.25) is 5.91 Å². The summed E-state index contributed by atoms with van der Waals surface area (Å²) in [4.78, 5) is 27.6. The van der Waals surface area contributed by atoms with E-state index < -0.39 is 6.04 Å². The maximum atomic E-state index is 13.0. The van der Waals surface area contributed by atoms with Crippen LogP contribution in [0.1, 0.15) is 34.3 Å². The van der Waals surface area contributed by atoms with E-state index in [-0.39, 0.29) is 17.9 Å². The molecule has 2 atom stereocenters. The van der Waals surface area contributed by atoms with E-state index in [1.54, 1.807) is 4.90 Å².